The highest BCUT2D eigenvalue weighted by atomic mass is 16.5. The monoisotopic (exact) mass is 233 g/mol. The molecule has 0 spiro atoms. The summed E-state index contributed by atoms with van der Waals surface area (Å²) < 4.78 is 5.45. The molecule has 0 aliphatic heterocycles. The van der Waals surface area contributed by atoms with Gasteiger partial charge in [0.1, 0.15) is 11.6 Å². The van der Waals surface area contributed by atoms with Crippen molar-refractivity contribution in [3.8, 4) is 5.75 Å². The maximum Gasteiger partial charge on any atom is 0.124 e. The summed E-state index contributed by atoms with van der Waals surface area (Å²) >= 11 is 0. The van der Waals surface area contributed by atoms with E-state index in [0.29, 0.717) is 6.61 Å². The van der Waals surface area contributed by atoms with Crippen LogP contribution in [0, 0.1) is 0 Å². The molecule has 3 N–H and O–H groups in total. The number of benzene rings is 1. The van der Waals surface area contributed by atoms with Crippen LogP contribution in [-0.4, -0.2) is 16.6 Å². The van der Waals surface area contributed by atoms with Crippen LogP contribution in [0.4, 0.5) is 0 Å². The SMILES string of the molecule is CCCC(N)c1nc2ccc(OCC)cc2[nH]1. The Hall–Kier alpha value is -1.55. The van der Waals surface area contributed by atoms with Gasteiger partial charge in [0, 0.05) is 6.07 Å². The lowest BCUT2D eigenvalue weighted by Crippen LogP contribution is -2.11. The smallest absolute Gasteiger partial charge is 0.124 e. The van der Waals surface area contributed by atoms with Gasteiger partial charge in [-0.05, 0) is 25.5 Å². The molecule has 0 saturated heterocycles. The van der Waals surface area contributed by atoms with Crippen LogP contribution in [0.1, 0.15) is 38.6 Å². The van der Waals surface area contributed by atoms with Crippen molar-refractivity contribution in [1.82, 2.24) is 9.97 Å². The van der Waals surface area contributed by atoms with Gasteiger partial charge < -0.3 is 15.5 Å². The minimum atomic E-state index is -0.0112. The zero-order valence-corrected chi connectivity index (χ0v) is 10.4. The summed E-state index contributed by atoms with van der Waals surface area (Å²) in [5, 5.41) is 0. The molecule has 0 bridgehead atoms. The van der Waals surface area contributed by atoms with Gasteiger partial charge in [-0.1, -0.05) is 13.3 Å². The van der Waals surface area contributed by atoms with Crippen LogP contribution >= 0.6 is 0 Å². The molecule has 0 aliphatic carbocycles. The number of nitrogens with one attached hydrogen (secondary N) is 1. The van der Waals surface area contributed by atoms with Crippen LogP contribution in [0.15, 0.2) is 18.2 Å². The fourth-order valence-electron chi connectivity index (χ4n) is 1.89. The van der Waals surface area contributed by atoms with Crippen molar-refractivity contribution in [1.29, 1.82) is 0 Å². The molecule has 0 radical (unpaired) electrons. The van der Waals surface area contributed by atoms with E-state index in [1.165, 1.54) is 0 Å². The number of rotatable bonds is 5. The van der Waals surface area contributed by atoms with Crippen molar-refractivity contribution in [2.45, 2.75) is 32.7 Å². The zero-order chi connectivity index (χ0) is 12.3. The number of hydrogen-bond donors (Lipinski definition) is 2. The maximum atomic E-state index is 6.04. The molecule has 4 nitrogen and oxygen atoms in total. The Morgan fingerprint density at radius 2 is 2.24 bits per heavy atom. The summed E-state index contributed by atoms with van der Waals surface area (Å²) in [4.78, 5) is 7.76. The number of aromatic nitrogens is 2. The molecule has 92 valence electrons. The molecule has 1 unspecified atom stereocenters. The van der Waals surface area contributed by atoms with Crippen molar-refractivity contribution in [3.05, 3.63) is 24.0 Å². The quantitative estimate of drug-likeness (QED) is 0.834. The second kappa shape index (κ2) is 5.19. The van der Waals surface area contributed by atoms with Gasteiger partial charge in [-0.15, -0.1) is 0 Å². The molecule has 0 aliphatic rings. The lowest BCUT2D eigenvalue weighted by atomic mass is 10.2. The fourth-order valence-corrected chi connectivity index (χ4v) is 1.89. The van der Waals surface area contributed by atoms with Gasteiger partial charge in [0.05, 0.1) is 23.7 Å². The Labute approximate surface area is 101 Å². The van der Waals surface area contributed by atoms with Crippen LogP contribution in [-0.2, 0) is 0 Å². The largest absolute Gasteiger partial charge is 0.494 e. The van der Waals surface area contributed by atoms with Gasteiger partial charge >= 0.3 is 0 Å². The van der Waals surface area contributed by atoms with Gasteiger partial charge in [0.25, 0.3) is 0 Å². The van der Waals surface area contributed by atoms with E-state index < -0.39 is 0 Å². The lowest BCUT2D eigenvalue weighted by Gasteiger charge is -2.05. The molecule has 1 aromatic carbocycles. The fraction of sp³-hybridized carbons (Fsp3) is 0.462. The van der Waals surface area contributed by atoms with Gasteiger partial charge in [0.2, 0.25) is 0 Å². The Morgan fingerprint density at radius 3 is 2.94 bits per heavy atom. The van der Waals surface area contributed by atoms with Gasteiger partial charge in [-0.25, -0.2) is 4.98 Å². The van der Waals surface area contributed by atoms with Gasteiger partial charge in [0.15, 0.2) is 0 Å². The molecule has 1 atom stereocenters. The molecule has 0 saturated carbocycles. The van der Waals surface area contributed by atoms with Crippen molar-refractivity contribution < 1.29 is 4.74 Å². The molecule has 4 heteroatoms. The van der Waals surface area contributed by atoms with Crippen LogP contribution in [0.3, 0.4) is 0 Å². The highest BCUT2D eigenvalue weighted by Gasteiger charge is 2.10. The molecule has 0 amide bonds. The number of hydrogen-bond acceptors (Lipinski definition) is 3. The molecular weight excluding hydrogens is 214 g/mol. The molecule has 17 heavy (non-hydrogen) atoms. The van der Waals surface area contributed by atoms with Crippen LogP contribution < -0.4 is 10.5 Å². The summed E-state index contributed by atoms with van der Waals surface area (Å²) in [5.41, 5.74) is 7.96. The molecule has 2 rings (SSSR count). The van der Waals surface area contributed by atoms with Crippen molar-refractivity contribution >= 4 is 11.0 Å². The van der Waals surface area contributed by atoms with Crippen molar-refractivity contribution in [2.24, 2.45) is 5.73 Å². The first kappa shape index (κ1) is 11.9. The number of imidazole rings is 1. The van der Waals surface area contributed by atoms with E-state index in [1.807, 2.05) is 25.1 Å². The molecule has 2 aromatic rings. The molecule has 1 heterocycles. The normalized spacial score (nSPS) is 12.9. The lowest BCUT2D eigenvalue weighted by molar-refractivity contribution is 0.340. The second-order valence-corrected chi connectivity index (χ2v) is 4.13. The molecule has 0 fully saturated rings. The number of nitrogens with two attached hydrogens (primary N) is 1. The standard InChI is InChI=1S/C13H19N3O/c1-3-5-10(14)13-15-11-7-6-9(17-4-2)8-12(11)16-13/h6-8,10H,3-5,14H2,1-2H3,(H,15,16). The van der Waals surface area contributed by atoms with Crippen LogP contribution in [0.2, 0.25) is 0 Å². The molecular formula is C13H19N3O. The summed E-state index contributed by atoms with van der Waals surface area (Å²) in [6.45, 7) is 4.76. The number of fused-ring (bicyclic) bond motifs is 1. The topological polar surface area (TPSA) is 63.9 Å². The predicted molar refractivity (Wildman–Crippen MR) is 69.1 cm³/mol. The Balaban J connectivity index is 2.30. The minimum Gasteiger partial charge on any atom is -0.494 e. The molecule has 1 aromatic heterocycles. The highest BCUT2D eigenvalue weighted by Crippen LogP contribution is 2.22. The predicted octanol–water partition coefficient (Wildman–Crippen LogP) is 2.76. The highest BCUT2D eigenvalue weighted by molar-refractivity contribution is 5.76. The first-order chi connectivity index (χ1) is 8.24. The van der Waals surface area contributed by atoms with Crippen molar-refractivity contribution in [2.75, 3.05) is 6.61 Å². The Kier molecular flexibility index (Phi) is 3.64. The van der Waals surface area contributed by atoms with E-state index in [9.17, 15) is 0 Å². The Bertz CT molecular complexity index is 492. The summed E-state index contributed by atoms with van der Waals surface area (Å²) in [7, 11) is 0. The average Bonchev–Trinajstić information content (AvgIpc) is 2.73. The summed E-state index contributed by atoms with van der Waals surface area (Å²) in [6.07, 6.45) is 2.00. The average molecular weight is 233 g/mol. The number of aromatic amines is 1. The van der Waals surface area contributed by atoms with Crippen LogP contribution in [0.5, 0.6) is 5.75 Å². The van der Waals surface area contributed by atoms with E-state index in [-0.39, 0.29) is 6.04 Å². The third-order valence-corrected chi connectivity index (χ3v) is 2.73. The first-order valence-corrected chi connectivity index (χ1v) is 6.12. The van der Waals surface area contributed by atoms with E-state index >= 15 is 0 Å². The maximum absolute atomic E-state index is 6.04. The number of H-pyrrole nitrogens is 1. The Morgan fingerprint density at radius 1 is 1.41 bits per heavy atom. The van der Waals surface area contributed by atoms with E-state index in [4.69, 9.17) is 10.5 Å². The van der Waals surface area contributed by atoms with Crippen LogP contribution in [0.25, 0.3) is 11.0 Å². The number of ether oxygens (including phenoxy) is 1. The summed E-state index contributed by atoms with van der Waals surface area (Å²) in [5.74, 6) is 1.72. The summed E-state index contributed by atoms with van der Waals surface area (Å²) in [6, 6.07) is 5.84. The van der Waals surface area contributed by atoms with E-state index in [0.717, 1.165) is 35.4 Å². The number of nitrogens with zero attached hydrogens (tertiary/aromatic N) is 1. The minimum absolute atomic E-state index is 0.0112. The third kappa shape index (κ3) is 2.58. The van der Waals surface area contributed by atoms with Gasteiger partial charge in [-0.2, -0.15) is 0 Å². The second-order valence-electron chi connectivity index (χ2n) is 4.13. The van der Waals surface area contributed by atoms with E-state index in [1.54, 1.807) is 0 Å². The first-order valence-electron chi connectivity index (χ1n) is 6.12. The third-order valence-electron chi connectivity index (χ3n) is 2.73. The zero-order valence-electron chi connectivity index (χ0n) is 10.4. The van der Waals surface area contributed by atoms with Crippen molar-refractivity contribution in [3.63, 3.8) is 0 Å². The van der Waals surface area contributed by atoms with Gasteiger partial charge in [-0.3, -0.25) is 0 Å². The van der Waals surface area contributed by atoms with E-state index in [2.05, 4.69) is 16.9 Å².